The third kappa shape index (κ3) is 2.92. The number of fused-ring (bicyclic) bond motifs is 9. The van der Waals surface area contributed by atoms with E-state index in [0.29, 0.717) is 0 Å². The summed E-state index contributed by atoms with van der Waals surface area (Å²) in [5.41, 5.74) is 10.5. The van der Waals surface area contributed by atoms with Gasteiger partial charge in [-0.3, -0.25) is 0 Å². The molecule has 2 aliphatic heterocycles. The van der Waals surface area contributed by atoms with Crippen molar-refractivity contribution in [1.82, 2.24) is 0 Å². The van der Waals surface area contributed by atoms with E-state index >= 15 is 0 Å². The Morgan fingerprint density at radius 1 is 0.444 bits per heavy atom. The smallest absolute Gasteiger partial charge is 0.332 e. The van der Waals surface area contributed by atoms with Crippen molar-refractivity contribution in [2.24, 2.45) is 0 Å². The van der Waals surface area contributed by atoms with Crippen molar-refractivity contribution < 1.29 is 0 Å². The first-order valence-corrected chi connectivity index (χ1v) is 13.9. The molecule has 6 heteroatoms. The molecule has 4 aromatic carbocycles. The fourth-order valence-corrected chi connectivity index (χ4v) is 8.85. The van der Waals surface area contributed by atoms with E-state index in [1.807, 2.05) is 22.7 Å². The van der Waals surface area contributed by atoms with E-state index in [1.165, 1.54) is 63.5 Å². The fourth-order valence-electron chi connectivity index (χ4n) is 5.74. The first-order chi connectivity index (χ1) is 17.9. The SMILES string of the molecule is c1ccc(B2Nc3ccccc3-c3c2sc2c4c(sc32)B(c2ccccc2)Nc2ccccc2-4)cc1. The lowest BCUT2D eigenvalue weighted by Crippen LogP contribution is -2.51. The number of benzene rings is 4. The van der Waals surface area contributed by atoms with Gasteiger partial charge in [0.2, 0.25) is 0 Å². The Bertz CT molecular complexity index is 1630. The molecule has 4 heterocycles. The topological polar surface area (TPSA) is 24.1 Å². The van der Waals surface area contributed by atoms with Crippen LogP contribution >= 0.6 is 22.7 Å². The van der Waals surface area contributed by atoms with E-state index in [-0.39, 0.29) is 13.7 Å². The van der Waals surface area contributed by atoms with E-state index in [4.69, 9.17) is 0 Å². The van der Waals surface area contributed by atoms with E-state index in [0.717, 1.165) is 0 Å². The van der Waals surface area contributed by atoms with Crippen LogP contribution in [0.25, 0.3) is 31.7 Å². The highest BCUT2D eigenvalue weighted by Gasteiger charge is 2.38. The standard InChI is InChI=1S/C30H20B2N2S2/c1-3-11-19(12-4-1)31-29-25(21-15-7-9-17-23(21)33-31)27-28(35-29)26-22-16-8-10-18-24(22)34-32(30(26)36-27)20-13-5-2-6-14-20/h1-18,33-34H. The van der Waals surface area contributed by atoms with Crippen LogP contribution in [0.2, 0.25) is 0 Å². The van der Waals surface area contributed by atoms with Gasteiger partial charge in [0.15, 0.2) is 0 Å². The van der Waals surface area contributed by atoms with Crippen molar-refractivity contribution in [1.29, 1.82) is 0 Å². The largest absolute Gasteiger partial charge is 0.419 e. The van der Waals surface area contributed by atoms with Gasteiger partial charge in [0.05, 0.1) is 9.40 Å². The van der Waals surface area contributed by atoms with Crippen LogP contribution in [-0.4, -0.2) is 13.7 Å². The Kier molecular flexibility index (Phi) is 4.48. The summed E-state index contributed by atoms with van der Waals surface area (Å²) in [5.74, 6) is 0. The average molecular weight is 494 g/mol. The van der Waals surface area contributed by atoms with Crippen LogP contribution in [-0.2, 0) is 0 Å². The zero-order chi connectivity index (χ0) is 23.6. The molecule has 6 aromatic rings. The highest BCUT2D eigenvalue weighted by Crippen LogP contribution is 2.47. The molecule has 0 amide bonds. The molecule has 0 radical (unpaired) electrons. The Morgan fingerprint density at radius 2 is 0.833 bits per heavy atom. The molecule has 0 bridgehead atoms. The molecule has 2 aliphatic rings. The molecule has 2 aromatic heterocycles. The lowest BCUT2D eigenvalue weighted by molar-refractivity contribution is 1.62. The third-order valence-corrected chi connectivity index (χ3v) is 10.0. The zero-order valence-electron chi connectivity index (χ0n) is 19.4. The van der Waals surface area contributed by atoms with Gasteiger partial charge < -0.3 is 10.5 Å². The van der Waals surface area contributed by atoms with E-state index in [2.05, 4.69) is 120 Å². The lowest BCUT2D eigenvalue weighted by atomic mass is 9.51. The van der Waals surface area contributed by atoms with Crippen molar-refractivity contribution in [3.63, 3.8) is 0 Å². The molecule has 8 rings (SSSR count). The highest BCUT2D eigenvalue weighted by molar-refractivity contribution is 7.40. The van der Waals surface area contributed by atoms with Crippen LogP contribution in [0.1, 0.15) is 0 Å². The third-order valence-electron chi connectivity index (χ3n) is 7.36. The molecule has 168 valence electrons. The van der Waals surface area contributed by atoms with Crippen LogP contribution in [0.15, 0.2) is 109 Å². The zero-order valence-corrected chi connectivity index (χ0v) is 21.0. The lowest BCUT2D eigenvalue weighted by Gasteiger charge is -2.26. The summed E-state index contributed by atoms with van der Waals surface area (Å²) in [6.07, 6.45) is 0. The number of hydrogen-bond donors (Lipinski definition) is 2. The second kappa shape index (κ2) is 7.89. The number of rotatable bonds is 2. The highest BCUT2D eigenvalue weighted by atomic mass is 32.1. The maximum Gasteiger partial charge on any atom is 0.332 e. The molecule has 0 atom stereocenters. The van der Waals surface area contributed by atoms with Crippen LogP contribution in [0, 0.1) is 0 Å². The molecular formula is C30H20B2N2S2. The monoisotopic (exact) mass is 494 g/mol. The quantitative estimate of drug-likeness (QED) is 0.317. The van der Waals surface area contributed by atoms with Crippen LogP contribution in [0.5, 0.6) is 0 Å². The molecule has 0 saturated heterocycles. The maximum atomic E-state index is 3.86. The number of nitrogens with one attached hydrogen (secondary N) is 2. The van der Waals surface area contributed by atoms with E-state index in [9.17, 15) is 0 Å². The summed E-state index contributed by atoms with van der Waals surface area (Å²) in [4.78, 5) is 0. The van der Waals surface area contributed by atoms with Gasteiger partial charge in [-0.25, -0.2) is 0 Å². The summed E-state index contributed by atoms with van der Waals surface area (Å²) < 4.78 is 5.65. The summed E-state index contributed by atoms with van der Waals surface area (Å²) in [5, 5.41) is 7.71. The molecule has 0 unspecified atom stereocenters. The molecule has 0 saturated carbocycles. The van der Waals surface area contributed by atoms with Gasteiger partial charge in [-0.2, -0.15) is 0 Å². The van der Waals surface area contributed by atoms with Crippen LogP contribution in [0.4, 0.5) is 11.4 Å². The molecule has 0 fully saturated rings. The normalized spacial score (nSPS) is 13.3. The van der Waals surface area contributed by atoms with E-state index < -0.39 is 0 Å². The van der Waals surface area contributed by atoms with Crippen molar-refractivity contribution >= 4 is 77.6 Å². The van der Waals surface area contributed by atoms with Gasteiger partial charge in [0.1, 0.15) is 0 Å². The van der Waals surface area contributed by atoms with E-state index in [1.54, 1.807) is 0 Å². The number of thiophene rings is 2. The molecule has 0 aliphatic carbocycles. The summed E-state index contributed by atoms with van der Waals surface area (Å²) >= 11 is 3.94. The minimum Gasteiger partial charge on any atom is -0.419 e. The second-order valence-corrected chi connectivity index (χ2v) is 11.5. The number of hydrogen-bond acceptors (Lipinski definition) is 4. The first kappa shape index (κ1) is 20.5. The predicted octanol–water partition coefficient (Wildman–Crippen LogP) is 5.36. The minimum absolute atomic E-state index is 0.151. The summed E-state index contributed by atoms with van der Waals surface area (Å²) in [6.45, 7) is 0.302. The van der Waals surface area contributed by atoms with Crippen molar-refractivity contribution in [3.05, 3.63) is 109 Å². The average Bonchev–Trinajstić information content (AvgIpc) is 3.50. The summed E-state index contributed by atoms with van der Waals surface area (Å²) in [7, 11) is 0. The Balaban J connectivity index is 1.44. The second-order valence-electron chi connectivity index (χ2n) is 9.41. The van der Waals surface area contributed by atoms with Crippen molar-refractivity contribution in [2.45, 2.75) is 0 Å². The van der Waals surface area contributed by atoms with Gasteiger partial charge in [0, 0.05) is 43.2 Å². The Hall–Kier alpha value is -3.73. The van der Waals surface area contributed by atoms with Gasteiger partial charge in [-0.15, -0.1) is 22.7 Å². The first-order valence-electron chi connectivity index (χ1n) is 12.3. The number of para-hydroxylation sites is 2. The predicted molar refractivity (Wildman–Crippen MR) is 161 cm³/mol. The fraction of sp³-hybridized carbons (Fsp3) is 0. The Morgan fingerprint density at radius 3 is 1.28 bits per heavy atom. The molecule has 0 spiro atoms. The molecule has 2 nitrogen and oxygen atoms in total. The van der Waals surface area contributed by atoms with Gasteiger partial charge >= 0.3 is 13.7 Å². The number of anilines is 2. The van der Waals surface area contributed by atoms with Crippen molar-refractivity contribution in [2.75, 3.05) is 10.5 Å². The minimum atomic E-state index is 0.151. The Labute approximate surface area is 218 Å². The van der Waals surface area contributed by atoms with Gasteiger partial charge in [0.25, 0.3) is 0 Å². The van der Waals surface area contributed by atoms with Gasteiger partial charge in [-0.1, -0.05) is 108 Å². The summed E-state index contributed by atoms with van der Waals surface area (Å²) in [6, 6.07) is 39.3. The van der Waals surface area contributed by atoms with Gasteiger partial charge in [-0.05, 0) is 12.1 Å². The molecular weight excluding hydrogens is 474 g/mol. The molecule has 36 heavy (non-hydrogen) atoms. The maximum absolute atomic E-state index is 3.86. The molecule has 2 N–H and O–H groups in total. The van der Waals surface area contributed by atoms with Crippen molar-refractivity contribution in [3.8, 4) is 22.3 Å². The van der Waals surface area contributed by atoms with Crippen LogP contribution in [0.3, 0.4) is 0 Å². The van der Waals surface area contributed by atoms with Crippen LogP contribution < -0.4 is 30.9 Å².